The van der Waals surface area contributed by atoms with E-state index in [0.717, 1.165) is 26.2 Å². The van der Waals surface area contributed by atoms with Crippen molar-refractivity contribution in [3.8, 4) is 0 Å². The van der Waals surface area contributed by atoms with Gasteiger partial charge in [0.2, 0.25) is 0 Å². The number of benzene rings is 3. The van der Waals surface area contributed by atoms with E-state index in [4.69, 9.17) is 0 Å². The first-order valence-electron chi connectivity index (χ1n) is 11.2. The second-order valence-electron chi connectivity index (χ2n) is 7.67. The molecule has 3 aromatic rings. The molecule has 0 aliphatic rings. The lowest BCUT2D eigenvalue weighted by Crippen LogP contribution is -2.25. The van der Waals surface area contributed by atoms with Crippen LogP contribution in [0.3, 0.4) is 0 Å². The Labute approximate surface area is 200 Å². The summed E-state index contributed by atoms with van der Waals surface area (Å²) in [5.74, 6) is 0. The zero-order chi connectivity index (χ0) is 23.5. The molecule has 0 heterocycles. The van der Waals surface area contributed by atoms with E-state index in [-0.39, 0.29) is 0 Å². The number of hydrogen-bond donors (Lipinski definition) is 0. The second kappa shape index (κ2) is 12.6. The second-order valence-corrected chi connectivity index (χ2v) is 9.89. The summed E-state index contributed by atoms with van der Waals surface area (Å²) in [7, 11) is -0.659. The van der Waals surface area contributed by atoms with Crippen molar-refractivity contribution in [2.45, 2.75) is 0 Å². The van der Waals surface area contributed by atoms with Crippen LogP contribution in [0.1, 0.15) is 0 Å². The van der Waals surface area contributed by atoms with Crippen molar-refractivity contribution in [3.63, 3.8) is 0 Å². The molecule has 0 aliphatic heterocycles. The quantitative estimate of drug-likeness (QED) is 0.239. The van der Waals surface area contributed by atoms with Crippen molar-refractivity contribution in [3.05, 3.63) is 129 Å². The third-order valence-electron chi connectivity index (χ3n) is 5.36. The maximum Gasteiger partial charge on any atom is 0.0372 e. The largest absolute Gasteiger partial charge is 0.364 e. The first-order valence-corrected chi connectivity index (χ1v) is 12.5. The average molecular weight is 453 g/mol. The molecule has 0 fully saturated rings. The lowest BCUT2D eigenvalue weighted by atomic mass is 10.2. The van der Waals surface area contributed by atoms with Crippen LogP contribution in [0.4, 0.5) is 11.4 Å². The van der Waals surface area contributed by atoms with Gasteiger partial charge in [0.1, 0.15) is 0 Å². The van der Waals surface area contributed by atoms with E-state index in [1.165, 1.54) is 27.3 Å². The zero-order valence-corrected chi connectivity index (χ0v) is 20.2. The van der Waals surface area contributed by atoms with Crippen LogP contribution >= 0.6 is 7.92 Å². The van der Waals surface area contributed by atoms with Crippen LogP contribution in [0.5, 0.6) is 0 Å². The zero-order valence-electron chi connectivity index (χ0n) is 19.3. The van der Waals surface area contributed by atoms with E-state index in [0.29, 0.717) is 0 Å². The normalized spacial score (nSPS) is 10.5. The standard InChI is InChI=1S/C30H33N2P/c1-5-22-31(23-6-2)26-14-18-29(19-15-26)33(28-12-10-9-11-13-28)30-20-16-27(17-21-30)32(24-7-3)25-8-4/h5-21H,1-4,22-25H2. The van der Waals surface area contributed by atoms with E-state index in [1.54, 1.807) is 0 Å². The molecule has 3 aromatic carbocycles. The maximum atomic E-state index is 3.89. The molecule has 0 saturated heterocycles. The van der Waals surface area contributed by atoms with Gasteiger partial charge < -0.3 is 9.80 Å². The predicted molar refractivity (Wildman–Crippen MR) is 150 cm³/mol. The molecule has 3 rings (SSSR count). The third kappa shape index (κ3) is 6.34. The number of nitrogens with zero attached hydrogens (tertiary/aromatic N) is 2. The third-order valence-corrected chi connectivity index (χ3v) is 7.80. The summed E-state index contributed by atoms with van der Waals surface area (Å²) in [6, 6.07) is 28.7. The topological polar surface area (TPSA) is 6.48 Å². The van der Waals surface area contributed by atoms with Crippen LogP contribution in [-0.4, -0.2) is 26.2 Å². The summed E-state index contributed by atoms with van der Waals surface area (Å²) in [6.07, 6.45) is 7.71. The fourth-order valence-corrected chi connectivity index (χ4v) is 6.10. The van der Waals surface area contributed by atoms with Gasteiger partial charge in [-0.05, 0) is 48.1 Å². The molecule has 3 heteroatoms. The highest BCUT2D eigenvalue weighted by Crippen LogP contribution is 2.34. The van der Waals surface area contributed by atoms with Crippen LogP contribution in [-0.2, 0) is 0 Å². The predicted octanol–water partition coefficient (Wildman–Crippen LogP) is 5.80. The summed E-state index contributed by atoms with van der Waals surface area (Å²) in [4.78, 5) is 4.52. The average Bonchev–Trinajstić information content (AvgIpc) is 2.86. The van der Waals surface area contributed by atoms with Gasteiger partial charge in [0, 0.05) is 37.6 Å². The van der Waals surface area contributed by atoms with Gasteiger partial charge in [-0.1, -0.05) is 78.9 Å². The Bertz CT molecular complexity index is 951. The minimum absolute atomic E-state index is 0.659. The van der Waals surface area contributed by atoms with Crippen molar-refractivity contribution in [1.29, 1.82) is 0 Å². The van der Waals surface area contributed by atoms with Crippen LogP contribution < -0.4 is 25.7 Å². The summed E-state index contributed by atoms with van der Waals surface area (Å²) >= 11 is 0. The van der Waals surface area contributed by atoms with Gasteiger partial charge in [-0.3, -0.25) is 0 Å². The van der Waals surface area contributed by atoms with Gasteiger partial charge in [-0.15, -0.1) is 26.3 Å². The molecule has 0 aliphatic carbocycles. The SMILES string of the molecule is C=CCN(CC=C)c1ccc(P(c2ccccc2)c2ccc(N(CC=C)CC=C)cc2)cc1. The van der Waals surface area contributed by atoms with Crippen molar-refractivity contribution in [2.24, 2.45) is 0 Å². The maximum absolute atomic E-state index is 3.89. The Balaban J connectivity index is 1.96. The Kier molecular flexibility index (Phi) is 9.30. The molecule has 33 heavy (non-hydrogen) atoms. The van der Waals surface area contributed by atoms with E-state index < -0.39 is 7.92 Å². The highest BCUT2D eigenvalue weighted by molar-refractivity contribution is 7.79. The highest BCUT2D eigenvalue weighted by Gasteiger charge is 2.17. The first-order chi connectivity index (χ1) is 16.2. The molecule has 0 unspecified atom stereocenters. The molecular formula is C30H33N2P. The fourth-order valence-electron chi connectivity index (χ4n) is 3.84. The smallest absolute Gasteiger partial charge is 0.0372 e. The van der Waals surface area contributed by atoms with Crippen LogP contribution in [0, 0.1) is 0 Å². The molecule has 0 bridgehead atoms. The molecule has 0 atom stereocenters. The Morgan fingerprint density at radius 1 is 0.485 bits per heavy atom. The Hall–Kier alpha value is -3.35. The Morgan fingerprint density at radius 2 is 0.818 bits per heavy atom. The molecule has 0 N–H and O–H groups in total. The van der Waals surface area contributed by atoms with E-state index in [1.807, 2.05) is 24.3 Å². The van der Waals surface area contributed by atoms with E-state index in [2.05, 4.69) is 115 Å². The molecule has 0 spiro atoms. The highest BCUT2D eigenvalue weighted by atomic mass is 31.1. The number of hydrogen-bond acceptors (Lipinski definition) is 2. The molecular weight excluding hydrogens is 419 g/mol. The summed E-state index contributed by atoms with van der Waals surface area (Å²) in [6.45, 7) is 18.7. The monoisotopic (exact) mass is 452 g/mol. The van der Waals surface area contributed by atoms with Crippen LogP contribution in [0.15, 0.2) is 129 Å². The minimum Gasteiger partial charge on any atom is -0.364 e. The van der Waals surface area contributed by atoms with Gasteiger partial charge in [0.25, 0.3) is 0 Å². The molecule has 0 radical (unpaired) electrons. The van der Waals surface area contributed by atoms with Crippen molar-refractivity contribution in [2.75, 3.05) is 36.0 Å². The minimum atomic E-state index is -0.659. The van der Waals surface area contributed by atoms with Crippen molar-refractivity contribution < 1.29 is 0 Å². The molecule has 168 valence electrons. The van der Waals surface area contributed by atoms with Gasteiger partial charge in [0.05, 0.1) is 0 Å². The van der Waals surface area contributed by atoms with Crippen molar-refractivity contribution >= 4 is 35.2 Å². The summed E-state index contributed by atoms with van der Waals surface area (Å²) in [5.41, 5.74) is 2.36. The first kappa shape index (κ1) is 24.3. The molecule has 2 nitrogen and oxygen atoms in total. The molecule has 0 saturated carbocycles. The lowest BCUT2D eigenvalue weighted by molar-refractivity contribution is 0.957. The van der Waals surface area contributed by atoms with E-state index in [9.17, 15) is 0 Å². The van der Waals surface area contributed by atoms with Crippen molar-refractivity contribution in [1.82, 2.24) is 0 Å². The fraction of sp³-hybridized carbons (Fsp3) is 0.133. The molecule has 0 aromatic heterocycles. The Morgan fingerprint density at radius 3 is 1.15 bits per heavy atom. The summed E-state index contributed by atoms with van der Waals surface area (Å²) < 4.78 is 0. The van der Waals surface area contributed by atoms with Gasteiger partial charge >= 0.3 is 0 Å². The summed E-state index contributed by atoms with van der Waals surface area (Å²) in [5, 5.41) is 4.01. The van der Waals surface area contributed by atoms with E-state index >= 15 is 0 Å². The van der Waals surface area contributed by atoms with Crippen LogP contribution in [0.25, 0.3) is 0 Å². The van der Waals surface area contributed by atoms with Gasteiger partial charge in [-0.25, -0.2) is 0 Å². The lowest BCUT2D eigenvalue weighted by Gasteiger charge is -2.25. The van der Waals surface area contributed by atoms with Gasteiger partial charge in [0.15, 0.2) is 0 Å². The van der Waals surface area contributed by atoms with Crippen LogP contribution in [0.2, 0.25) is 0 Å². The van der Waals surface area contributed by atoms with Gasteiger partial charge in [-0.2, -0.15) is 0 Å². The molecule has 0 amide bonds. The number of rotatable bonds is 13. The number of anilines is 2.